The molecule has 33 heavy (non-hydrogen) atoms. The van der Waals surface area contributed by atoms with Crippen molar-refractivity contribution in [2.75, 3.05) is 7.11 Å². The molecule has 11 heteroatoms. The minimum absolute atomic E-state index is 0. The van der Waals surface area contributed by atoms with Gasteiger partial charge in [-0.3, -0.25) is 8.98 Å². The van der Waals surface area contributed by atoms with E-state index >= 15 is 0 Å². The third-order valence-electron chi connectivity index (χ3n) is 8.77. The van der Waals surface area contributed by atoms with Gasteiger partial charge in [0.25, 0.3) is 0 Å². The summed E-state index contributed by atoms with van der Waals surface area (Å²) < 4.78 is 43.3. The zero-order valence-corrected chi connectivity index (χ0v) is 22.1. The number of methoxy groups -OCH3 is 1. The number of hydrogen-bond donors (Lipinski definition) is 2. The van der Waals surface area contributed by atoms with E-state index in [9.17, 15) is 32.8 Å². The van der Waals surface area contributed by atoms with Crippen molar-refractivity contribution >= 4 is 22.2 Å². The number of esters is 1. The molecule has 0 radical (unpaired) electrons. The molecule has 4 aliphatic rings. The molecule has 0 aromatic heterocycles. The number of ketones is 1. The summed E-state index contributed by atoms with van der Waals surface area (Å²) in [5.41, 5.74) is -2.63. The van der Waals surface area contributed by atoms with E-state index in [-0.39, 0.29) is 65.9 Å². The zero-order valence-electron chi connectivity index (χ0n) is 19.3. The van der Waals surface area contributed by atoms with Crippen molar-refractivity contribution in [3.63, 3.8) is 0 Å². The number of aliphatic hydroxyl groups excluding tert-OH is 1. The first-order valence-electron chi connectivity index (χ1n) is 10.8. The van der Waals surface area contributed by atoms with Gasteiger partial charge in [0, 0.05) is 16.7 Å². The summed E-state index contributed by atoms with van der Waals surface area (Å²) in [6.07, 6.45) is 4.03. The summed E-state index contributed by atoms with van der Waals surface area (Å²) in [5, 5.41) is 23.0. The van der Waals surface area contributed by atoms with Gasteiger partial charge >= 0.3 is 35.5 Å². The Morgan fingerprint density at radius 1 is 1.30 bits per heavy atom. The van der Waals surface area contributed by atoms with E-state index in [4.69, 9.17) is 0 Å². The Bertz CT molecular complexity index is 1010. The van der Waals surface area contributed by atoms with Crippen LogP contribution in [0.15, 0.2) is 23.8 Å². The summed E-state index contributed by atoms with van der Waals surface area (Å²) in [6.45, 7) is 3.73. The predicted octanol–water partition coefficient (Wildman–Crippen LogP) is -1.98. The van der Waals surface area contributed by atoms with Gasteiger partial charge < -0.3 is 19.5 Å². The van der Waals surface area contributed by atoms with Crippen LogP contribution in [0.5, 0.6) is 0 Å². The van der Waals surface area contributed by atoms with Crippen LogP contribution in [0.1, 0.15) is 46.0 Å². The van der Waals surface area contributed by atoms with Gasteiger partial charge in [-0.25, -0.2) is 13.2 Å². The molecule has 0 amide bonds. The van der Waals surface area contributed by atoms with Gasteiger partial charge in [-0.15, -0.1) is 0 Å². The van der Waals surface area contributed by atoms with E-state index in [0.717, 1.165) is 12.7 Å². The van der Waals surface area contributed by atoms with Crippen LogP contribution >= 0.6 is 0 Å². The number of fused-ring (bicyclic) bond motifs is 5. The van der Waals surface area contributed by atoms with Crippen LogP contribution in [0.25, 0.3) is 0 Å². The molecule has 0 aliphatic heterocycles. The second-order valence-electron chi connectivity index (χ2n) is 10.1. The molecule has 178 valence electrons. The van der Waals surface area contributed by atoms with Crippen LogP contribution in [0.4, 0.5) is 0 Å². The van der Waals surface area contributed by atoms with Gasteiger partial charge in [-0.2, -0.15) is 0 Å². The molecule has 4 aliphatic carbocycles. The molecule has 0 bridgehead atoms. The van der Waals surface area contributed by atoms with E-state index in [1.165, 1.54) is 6.08 Å². The first-order valence-corrected chi connectivity index (χ1v) is 12.2. The summed E-state index contributed by atoms with van der Waals surface area (Å²) in [7, 11) is -4.29. The molecule has 0 aromatic rings. The van der Waals surface area contributed by atoms with Gasteiger partial charge in [-0.1, -0.05) is 25.5 Å². The normalized spacial score (nSPS) is 42.8. The molecule has 9 nitrogen and oxygen atoms in total. The number of hydrogen-bond acceptors (Lipinski definition) is 9. The van der Waals surface area contributed by atoms with Crippen molar-refractivity contribution in [1.82, 2.24) is 0 Å². The molecule has 0 aromatic carbocycles. The molecule has 0 heterocycles. The van der Waals surface area contributed by atoms with Crippen molar-refractivity contribution in [3.05, 3.63) is 23.8 Å². The van der Waals surface area contributed by atoms with Crippen LogP contribution in [-0.4, -0.2) is 59.9 Å². The van der Waals surface area contributed by atoms with Gasteiger partial charge in [-0.05, 0) is 56.1 Å². The predicted molar refractivity (Wildman–Crippen MR) is 110 cm³/mol. The number of ether oxygens (including phenoxy) is 1. The average molecular weight is 493 g/mol. The molecule has 0 unspecified atom stereocenters. The molecule has 0 spiro atoms. The maximum Gasteiger partial charge on any atom is 1.00 e. The number of aliphatic hydroxyl groups is 2. The van der Waals surface area contributed by atoms with E-state index in [2.05, 4.69) is 8.92 Å². The second-order valence-corrected chi connectivity index (χ2v) is 11.1. The fourth-order valence-corrected chi connectivity index (χ4v) is 7.81. The molecule has 4 rings (SSSR count). The number of carbonyl (C=O) groups is 2. The molecule has 2 N–H and O–H groups in total. The first kappa shape index (κ1) is 27.0. The minimum Gasteiger partial charge on any atom is -0.725 e. The van der Waals surface area contributed by atoms with Crippen LogP contribution in [0.3, 0.4) is 0 Å². The smallest absolute Gasteiger partial charge is 0.725 e. The van der Waals surface area contributed by atoms with Crippen molar-refractivity contribution in [2.24, 2.45) is 28.6 Å². The van der Waals surface area contributed by atoms with Crippen LogP contribution in [0.2, 0.25) is 0 Å². The Hall–Kier alpha value is -0.590. The third kappa shape index (κ3) is 4.10. The molecule has 0 saturated heterocycles. The van der Waals surface area contributed by atoms with E-state index in [0.29, 0.717) is 19.3 Å². The van der Waals surface area contributed by atoms with Crippen molar-refractivity contribution in [3.8, 4) is 0 Å². The Morgan fingerprint density at radius 2 is 1.97 bits per heavy atom. The Kier molecular flexibility index (Phi) is 7.21. The molecule has 3 fully saturated rings. The van der Waals surface area contributed by atoms with E-state index in [1.54, 1.807) is 13.0 Å². The Labute approximate surface area is 215 Å². The summed E-state index contributed by atoms with van der Waals surface area (Å²) in [4.78, 5) is 24.3. The van der Waals surface area contributed by atoms with Crippen LogP contribution in [0, 0.1) is 28.6 Å². The fourth-order valence-electron chi connectivity index (χ4n) is 7.33. The number of allylic oxidation sites excluding steroid dienone is 4. The fraction of sp³-hybridized carbons (Fsp3) is 0.727. The first-order chi connectivity index (χ1) is 14.8. The molecule has 8 atom stereocenters. The standard InChI is InChI=1S/C22H30O9S.Na/c1-20-8-6-13(23)10-12(20)4-5-14-15-7-9-22(26,21(15,2)11-16(24)17(14)20)18(19(25)30-3)31-32(27,28)29;/h6,8,10,14-18,24,26H,4-5,7,9,11H2,1-3H3,(H,27,28,29);/q;+1/p-1/t14-,15-,16-,17+,18-,20-,21-,22-;/m0./s1. The van der Waals surface area contributed by atoms with Crippen molar-refractivity contribution in [1.29, 1.82) is 0 Å². The SMILES string of the molecule is COC(=O)[C@H](OS(=O)(=O)[O-])[C@@]1(O)CC[C@H]2[C@@H]3CCC4=CC(=O)C=C[C@]4(C)[C@H]3[C@@H](O)C[C@@]21C.[Na+]. The Balaban J connectivity index is 0.00000306. The number of rotatable bonds is 4. The largest absolute Gasteiger partial charge is 1.00 e. The summed E-state index contributed by atoms with van der Waals surface area (Å²) in [6, 6.07) is 0. The van der Waals surface area contributed by atoms with E-state index < -0.39 is 45.0 Å². The van der Waals surface area contributed by atoms with E-state index in [1.807, 2.05) is 13.0 Å². The van der Waals surface area contributed by atoms with Crippen molar-refractivity contribution < 1.29 is 71.2 Å². The second kappa shape index (κ2) is 8.81. The maximum absolute atomic E-state index is 12.4. The third-order valence-corrected chi connectivity index (χ3v) is 9.20. The summed E-state index contributed by atoms with van der Waals surface area (Å²) in [5.74, 6) is -1.62. The molecule has 3 saturated carbocycles. The minimum atomic E-state index is -5.31. The maximum atomic E-state index is 12.4. The quantitative estimate of drug-likeness (QED) is 0.197. The van der Waals surface area contributed by atoms with Crippen molar-refractivity contribution in [2.45, 2.75) is 63.8 Å². The van der Waals surface area contributed by atoms with Gasteiger partial charge in [0.05, 0.1) is 13.2 Å². The average Bonchev–Trinajstić information content (AvgIpc) is 2.96. The number of carbonyl (C=O) groups excluding carboxylic acids is 2. The van der Waals surface area contributed by atoms with Crippen LogP contribution in [-0.2, 0) is 28.9 Å². The van der Waals surface area contributed by atoms with Gasteiger partial charge in [0.15, 0.2) is 5.78 Å². The van der Waals surface area contributed by atoms with Gasteiger partial charge in [0.1, 0.15) is 5.60 Å². The summed E-state index contributed by atoms with van der Waals surface area (Å²) >= 11 is 0. The zero-order chi connectivity index (χ0) is 23.7. The molecular weight excluding hydrogens is 463 g/mol. The van der Waals surface area contributed by atoms with Gasteiger partial charge in [0.2, 0.25) is 16.5 Å². The monoisotopic (exact) mass is 492 g/mol. The van der Waals surface area contributed by atoms with Crippen LogP contribution < -0.4 is 29.6 Å². The Morgan fingerprint density at radius 3 is 2.58 bits per heavy atom. The molecular formula is C22H29NaO9S. The topological polar surface area (TPSA) is 150 Å².